The van der Waals surface area contributed by atoms with Crippen LogP contribution in [0.2, 0.25) is 0 Å². The first-order chi connectivity index (χ1) is 9.17. The van der Waals surface area contributed by atoms with Crippen LogP contribution in [0.4, 0.5) is 0 Å². The monoisotopic (exact) mass is 260 g/mol. The van der Waals surface area contributed by atoms with E-state index in [4.69, 9.17) is 9.47 Å². The topological polar surface area (TPSA) is 54.3 Å². The minimum absolute atomic E-state index is 0.620. The van der Waals surface area contributed by atoms with Crippen LogP contribution in [0.1, 0.15) is 25.8 Å². The molecule has 0 fully saturated rings. The summed E-state index contributed by atoms with van der Waals surface area (Å²) in [5.41, 5.74) is 2.31. The number of nitrogens with zero attached hydrogens (tertiary/aromatic N) is 1. The Morgan fingerprint density at radius 1 is 1.26 bits per heavy atom. The summed E-state index contributed by atoms with van der Waals surface area (Å²) in [5, 5.41) is 12.6. The number of methoxy groups -OCH3 is 2. The molecule has 4 nitrogen and oxygen atoms in total. The van der Waals surface area contributed by atoms with E-state index in [2.05, 4.69) is 18.3 Å². The third-order valence-corrected chi connectivity index (χ3v) is 2.80. The summed E-state index contributed by atoms with van der Waals surface area (Å²) in [5.74, 6) is 1.28. The van der Waals surface area contributed by atoms with E-state index < -0.39 is 0 Å². The molecule has 0 amide bonds. The van der Waals surface area contributed by atoms with Gasteiger partial charge >= 0.3 is 0 Å². The van der Waals surface area contributed by atoms with Crippen LogP contribution < -0.4 is 14.8 Å². The van der Waals surface area contributed by atoms with E-state index in [9.17, 15) is 5.26 Å². The SMILES string of the molecule is CCCN/C(C)=C(\C#N)c1ccc(OC)c(OC)c1. The maximum atomic E-state index is 9.32. The lowest BCUT2D eigenvalue weighted by molar-refractivity contribution is 0.355. The summed E-state index contributed by atoms with van der Waals surface area (Å²) in [6, 6.07) is 7.71. The van der Waals surface area contributed by atoms with Crippen LogP contribution >= 0.6 is 0 Å². The van der Waals surface area contributed by atoms with Gasteiger partial charge in [0, 0.05) is 12.2 Å². The molecule has 0 radical (unpaired) electrons. The Morgan fingerprint density at radius 3 is 2.47 bits per heavy atom. The van der Waals surface area contributed by atoms with Gasteiger partial charge in [0.2, 0.25) is 0 Å². The van der Waals surface area contributed by atoms with E-state index >= 15 is 0 Å². The van der Waals surface area contributed by atoms with E-state index in [0.29, 0.717) is 17.1 Å². The van der Waals surface area contributed by atoms with Gasteiger partial charge in [-0.1, -0.05) is 6.92 Å². The van der Waals surface area contributed by atoms with E-state index in [1.165, 1.54) is 0 Å². The zero-order valence-corrected chi connectivity index (χ0v) is 11.9. The van der Waals surface area contributed by atoms with E-state index in [-0.39, 0.29) is 0 Å². The van der Waals surface area contributed by atoms with Crippen molar-refractivity contribution < 1.29 is 9.47 Å². The van der Waals surface area contributed by atoms with Crippen LogP contribution in [-0.4, -0.2) is 20.8 Å². The molecule has 1 N–H and O–H groups in total. The highest BCUT2D eigenvalue weighted by molar-refractivity contribution is 5.79. The number of nitrogens with one attached hydrogen (secondary N) is 1. The summed E-state index contributed by atoms with van der Waals surface area (Å²) in [7, 11) is 3.17. The fourth-order valence-electron chi connectivity index (χ4n) is 1.76. The first-order valence-corrected chi connectivity index (χ1v) is 6.25. The fraction of sp³-hybridized carbons (Fsp3) is 0.400. The predicted molar refractivity (Wildman–Crippen MR) is 76.0 cm³/mol. The highest BCUT2D eigenvalue weighted by atomic mass is 16.5. The molecular weight excluding hydrogens is 240 g/mol. The maximum Gasteiger partial charge on any atom is 0.161 e. The van der Waals surface area contributed by atoms with Crippen LogP contribution in [0.15, 0.2) is 23.9 Å². The Kier molecular flexibility index (Phi) is 5.74. The van der Waals surface area contributed by atoms with Gasteiger partial charge in [0.25, 0.3) is 0 Å². The number of ether oxygens (including phenoxy) is 2. The molecule has 1 rings (SSSR count). The molecule has 0 aliphatic heterocycles. The Balaban J connectivity index is 3.16. The number of hydrogen-bond acceptors (Lipinski definition) is 4. The molecule has 0 aromatic heterocycles. The second-order valence-corrected chi connectivity index (χ2v) is 4.11. The van der Waals surface area contributed by atoms with Gasteiger partial charge in [0.05, 0.1) is 19.8 Å². The molecule has 1 aromatic rings. The third kappa shape index (κ3) is 3.65. The predicted octanol–water partition coefficient (Wildman–Crippen LogP) is 2.96. The minimum Gasteiger partial charge on any atom is -0.493 e. The average Bonchev–Trinajstić information content (AvgIpc) is 2.45. The summed E-state index contributed by atoms with van der Waals surface area (Å²) < 4.78 is 10.4. The molecule has 19 heavy (non-hydrogen) atoms. The standard InChI is InChI=1S/C15H20N2O2/c1-5-8-17-11(2)13(10-16)12-6-7-14(18-3)15(9-12)19-4/h6-7,9,17H,5,8H2,1-4H3/b13-11+. The summed E-state index contributed by atoms with van der Waals surface area (Å²) in [6.45, 7) is 4.85. The second-order valence-electron chi connectivity index (χ2n) is 4.11. The highest BCUT2D eigenvalue weighted by Crippen LogP contribution is 2.30. The van der Waals surface area contributed by atoms with Gasteiger partial charge in [0.15, 0.2) is 11.5 Å². The van der Waals surface area contributed by atoms with Crippen molar-refractivity contribution in [2.75, 3.05) is 20.8 Å². The number of hydrogen-bond donors (Lipinski definition) is 1. The molecule has 0 unspecified atom stereocenters. The largest absolute Gasteiger partial charge is 0.493 e. The molecule has 0 bridgehead atoms. The Labute approximate surface area is 114 Å². The van der Waals surface area contributed by atoms with Gasteiger partial charge < -0.3 is 14.8 Å². The number of benzene rings is 1. The molecule has 0 aliphatic rings. The van der Waals surface area contributed by atoms with Crippen LogP contribution in [0.25, 0.3) is 5.57 Å². The van der Waals surface area contributed by atoms with Crippen molar-refractivity contribution in [2.45, 2.75) is 20.3 Å². The van der Waals surface area contributed by atoms with Crippen molar-refractivity contribution in [1.82, 2.24) is 5.32 Å². The van der Waals surface area contributed by atoms with Gasteiger partial charge in [0.1, 0.15) is 6.07 Å². The molecule has 0 aliphatic carbocycles. The summed E-state index contributed by atoms with van der Waals surface area (Å²) in [4.78, 5) is 0. The van der Waals surface area contributed by atoms with Crippen molar-refractivity contribution in [2.24, 2.45) is 0 Å². The Morgan fingerprint density at radius 2 is 1.95 bits per heavy atom. The van der Waals surface area contributed by atoms with Crippen molar-refractivity contribution in [3.63, 3.8) is 0 Å². The summed E-state index contributed by atoms with van der Waals surface area (Å²) in [6.07, 6.45) is 1.02. The van der Waals surface area contributed by atoms with Gasteiger partial charge in [-0.2, -0.15) is 5.26 Å². The molecule has 0 spiro atoms. The van der Waals surface area contributed by atoms with E-state index in [1.54, 1.807) is 20.3 Å². The van der Waals surface area contributed by atoms with E-state index in [1.807, 2.05) is 19.1 Å². The zero-order valence-electron chi connectivity index (χ0n) is 11.9. The number of rotatable bonds is 6. The van der Waals surface area contributed by atoms with Crippen molar-refractivity contribution in [3.8, 4) is 17.6 Å². The molecule has 102 valence electrons. The lowest BCUT2D eigenvalue weighted by Gasteiger charge is -2.11. The van der Waals surface area contributed by atoms with Gasteiger partial charge in [-0.25, -0.2) is 0 Å². The van der Waals surface area contributed by atoms with Crippen LogP contribution in [0.3, 0.4) is 0 Å². The molecule has 0 saturated heterocycles. The highest BCUT2D eigenvalue weighted by Gasteiger charge is 2.10. The van der Waals surface area contributed by atoms with Crippen LogP contribution in [0, 0.1) is 11.3 Å². The smallest absolute Gasteiger partial charge is 0.161 e. The van der Waals surface area contributed by atoms with Crippen molar-refractivity contribution >= 4 is 5.57 Å². The number of allylic oxidation sites excluding steroid dienone is 2. The van der Waals surface area contributed by atoms with Crippen molar-refractivity contribution in [1.29, 1.82) is 5.26 Å². The average molecular weight is 260 g/mol. The quantitative estimate of drug-likeness (QED) is 0.799. The molecule has 0 atom stereocenters. The molecule has 4 heteroatoms. The molecule has 0 saturated carbocycles. The lowest BCUT2D eigenvalue weighted by Crippen LogP contribution is -2.13. The molecular formula is C15H20N2O2. The first-order valence-electron chi connectivity index (χ1n) is 6.25. The molecule has 0 heterocycles. The normalized spacial score (nSPS) is 11.3. The third-order valence-electron chi connectivity index (χ3n) is 2.80. The van der Waals surface area contributed by atoms with E-state index in [0.717, 1.165) is 24.2 Å². The fourth-order valence-corrected chi connectivity index (χ4v) is 1.76. The first kappa shape index (κ1) is 14.9. The van der Waals surface area contributed by atoms with Gasteiger partial charge in [-0.05, 0) is 37.1 Å². The van der Waals surface area contributed by atoms with Gasteiger partial charge in [-0.15, -0.1) is 0 Å². The zero-order chi connectivity index (χ0) is 14.3. The van der Waals surface area contributed by atoms with Crippen LogP contribution in [-0.2, 0) is 0 Å². The summed E-state index contributed by atoms with van der Waals surface area (Å²) >= 11 is 0. The van der Waals surface area contributed by atoms with Crippen molar-refractivity contribution in [3.05, 3.63) is 29.5 Å². The second kappa shape index (κ2) is 7.32. The number of nitriles is 1. The molecule has 1 aromatic carbocycles. The Hall–Kier alpha value is -2.15. The Bertz CT molecular complexity index is 501. The lowest BCUT2D eigenvalue weighted by atomic mass is 10.0. The van der Waals surface area contributed by atoms with Gasteiger partial charge in [-0.3, -0.25) is 0 Å². The minimum atomic E-state index is 0.620. The maximum absolute atomic E-state index is 9.32. The van der Waals surface area contributed by atoms with Crippen LogP contribution in [0.5, 0.6) is 11.5 Å².